The van der Waals surface area contributed by atoms with Crippen LogP contribution in [0.5, 0.6) is 0 Å². The molecule has 10 heteroatoms. The molecule has 0 rings (SSSR count). The third-order valence-corrected chi connectivity index (χ3v) is 0.617. The molecule has 1 atom stereocenters. The van der Waals surface area contributed by atoms with Crippen LogP contribution in [0.15, 0.2) is 0 Å². The molecule has 10 heavy (non-hydrogen) atoms. The minimum Gasteiger partial charge on any atom is -0.751 e. The molecule has 0 spiro atoms. The van der Waals surface area contributed by atoms with E-state index < -0.39 is 18.7 Å². The van der Waals surface area contributed by atoms with Crippen LogP contribution in [0.25, 0.3) is 0 Å². The Morgan fingerprint density at radius 3 is 1.90 bits per heavy atom. The number of halogens is 2. The first-order valence-corrected chi connectivity index (χ1v) is 2.52. The first-order chi connectivity index (χ1) is 4.20. The Balaban J connectivity index is 0. The molecular formula is BF2LiO5S. The van der Waals surface area contributed by atoms with E-state index in [2.05, 4.69) is 13.8 Å². The molecule has 54 valence electrons. The Kier molecular flexibility index (Phi) is 10.00. The van der Waals surface area contributed by atoms with Crippen LogP contribution in [0.2, 0.25) is 0 Å². The molecule has 0 aliphatic rings. The SMILES string of the molecule is O=S([O-])OB(OF)OF.[Li+]. The summed E-state index contributed by atoms with van der Waals surface area (Å²) >= 11 is -3.08. The van der Waals surface area contributed by atoms with Crippen molar-refractivity contribution in [2.75, 3.05) is 0 Å². The van der Waals surface area contributed by atoms with Gasteiger partial charge in [-0.25, -0.2) is 4.21 Å². The van der Waals surface area contributed by atoms with Crippen LogP contribution < -0.4 is 18.9 Å². The normalized spacial score (nSPS) is 11.9. The van der Waals surface area contributed by atoms with Gasteiger partial charge in [0.1, 0.15) is 0 Å². The standard InChI is InChI=1S/BF2HO5S.Li/c2-6-1(7-3)8-9(4)5;/h(H,4,5);/q;+1/p-1. The van der Waals surface area contributed by atoms with E-state index in [1.54, 1.807) is 0 Å². The van der Waals surface area contributed by atoms with Crippen molar-refractivity contribution in [1.82, 2.24) is 0 Å². The molecule has 0 fully saturated rings. The van der Waals surface area contributed by atoms with Crippen molar-refractivity contribution in [2.45, 2.75) is 0 Å². The van der Waals surface area contributed by atoms with Crippen LogP contribution in [0.1, 0.15) is 0 Å². The van der Waals surface area contributed by atoms with Crippen LogP contribution in [0.4, 0.5) is 9.05 Å². The molecule has 0 radical (unpaired) electrons. The number of hydrogen-bond acceptors (Lipinski definition) is 5. The van der Waals surface area contributed by atoms with Crippen molar-refractivity contribution in [3.05, 3.63) is 0 Å². The Morgan fingerprint density at radius 2 is 1.80 bits per heavy atom. The maximum absolute atomic E-state index is 10.8. The quantitative estimate of drug-likeness (QED) is 0.323. The van der Waals surface area contributed by atoms with E-state index in [0.29, 0.717) is 0 Å². The van der Waals surface area contributed by atoms with Gasteiger partial charge in [0.05, 0.1) is 11.4 Å². The van der Waals surface area contributed by atoms with E-state index in [-0.39, 0.29) is 18.9 Å². The van der Waals surface area contributed by atoms with Gasteiger partial charge in [0.15, 0.2) is 0 Å². The smallest absolute Gasteiger partial charge is 0.751 e. The molecule has 0 aromatic carbocycles. The van der Waals surface area contributed by atoms with Gasteiger partial charge in [-0.2, -0.15) is 9.72 Å². The zero-order chi connectivity index (χ0) is 7.28. The second-order valence-electron chi connectivity index (χ2n) is 0.767. The fourth-order valence-corrected chi connectivity index (χ4v) is 0.295. The maximum atomic E-state index is 10.8. The monoisotopic (exact) mass is 168 g/mol. The number of hydrogen-bond donors (Lipinski definition) is 0. The van der Waals surface area contributed by atoms with Crippen LogP contribution >= 0.6 is 0 Å². The predicted molar refractivity (Wildman–Crippen MR) is 20.1 cm³/mol. The minimum atomic E-state index is -3.08. The first-order valence-electron chi connectivity index (χ1n) is 1.52. The Hall–Kier alpha value is 0.512. The third kappa shape index (κ3) is 6.63. The molecule has 5 nitrogen and oxygen atoms in total. The van der Waals surface area contributed by atoms with Crippen molar-refractivity contribution in [3.63, 3.8) is 0 Å². The van der Waals surface area contributed by atoms with Gasteiger partial charge in [-0.15, -0.1) is 0 Å². The molecule has 0 saturated carbocycles. The van der Waals surface area contributed by atoms with Gasteiger partial charge in [0.25, 0.3) is 0 Å². The van der Waals surface area contributed by atoms with Crippen LogP contribution in [-0.2, 0) is 25.2 Å². The van der Waals surface area contributed by atoms with Gasteiger partial charge in [-0.1, -0.05) is 9.05 Å². The van der Waals surface area contributed by atoms with Crippen molar-refractivity contribution in [2.24, 2.45) is 0 Å². The summed E-state index contributed by atoms with van der Waals surface area (Å²) in [6.07, 6.45) is 0. The first kappa shape index (κ1) is 13.1. The number of rotatable bonds is 4. The van der Waals surface area contributed by atoms with Gasteiger partial charge >= 0.3 is 26.2 Å². The average Bonchev–Trinajstić information content (AvgIpc) is 1.82. The maximum Gasteiger partial charge on any atom is 1.00 e. The molecule has 0 amide bonds. The predicted octanol–water partition coefficient (Wildman–Crippen LogP) is -3.41. The molecule has 0 aromatic heterocycles. The van der Waals surface area contributed by atoms with E-state index in [1.165, 1.54) is 0 Å². The fourth-order valence-electron chi connectivity index (χ4n) is 0.108. The summed E-state index contributed by atoms with van der Waals surface area (Å²) in [5.41, 5.74) is 0. The summed E-state index contributed by atoms with van der Waals surface area (Å²) in [5.74, 6) is 0. The summed E-state index contributed by atoms with van der Waals surface area (Å²) in [4.78, 5) is 5.00. The summed E-state index contributed by atoms with van der Waals surface area (Å²) in [6, 6.07) is 0. The topological polar surface area (TPSA) is 67.8 Å². The van der Waals surface area contributed by atoms with Crippen molar-refractivity contribution >= 4 is 18.7 Å². The van der Waals surface area contributed by atoms with Gasteiger partial charge in [0, 0.05) is 0 Å². The van der Waals surface area contributed by atoms with Crippen molar-refractivity contribution < 1.29 is 50.5 Å². The Labute approximate surface area is 69.7 Å². The molecule has 0 aromatic rings. The van der Waals surface area contributed by atoms with Gasteiger partial charge in [0.2, 0.25) is 0 Å². The Morgan fingerprint density at radius 1 is 1.40 bits per heavy atom. The van der Waals surface area contributed by atoms with E-state index in [9.17, 15) is 17.8 Å². The molecule has 0 aliphatic carbocycles. The van der Waals surface area contributed by atoms with E-state index in [1.807, 2.05) is 0 Å². The summed E-state index contributed by atoms with van der Waals surface area (Å²) in [7, 11) is -2.47. The zero-order valence-corrected chi connectivity index (χ0v) is 5.60. The molecule has 1 unspecified atom stereocenters. The molecule has 0 saturated heterocycles. The second-order valence-corrected chi connectivity index (χ2v) is 1.37. The van der Waals surface area contributed by atoms with E-state index in [4.69, 9.17) is 0 Å². The summed E-state index contributed by atoms with van der Waals surface area (Å²) in [5, 5.41) is 0. The van der Waals surface area contributed by atoms with E-state index >= 15 is 0 Å². The Bertz CT molecular complexity index is 97.6. The van der Waals surface area contributed by atoms with Crippen LogP contribution in [-0.4, -0.2) is 16.1 Å². The molecule has 0 N–H and O–H groups in total. The van der Waals surface area contributed by atoms with Crippen molar-refractivity contribution in [3.8, 4) is 0 Å². The fraction of sp³-hybridized carbons (Fsp3) is 0. The van der Waals surface area contributed by atoms with Gasteiger partial charge in [-0.05, 0) is 0 Å². The van der Waals surface area contributed by atoms with Gasteiger partial charge in [-0.3, -0.25) is 0 Å². The largest absolute Gasteiger partial charge is 1.00 e. The zero-order valence-electron chi connectivity index (χ0n) is 4.78. The van der Waals surface area contributed by atoms with Crippen molar-refractivity contribution in [1.29, 1.82) is 0 Å². The molecule has 0 aliphatic heterocycles. The molecular weight excluding hydrogens is 168 g/mol. The molecule has 0 heterocycles. The van der Waals surface area contributed by atoms with E-state index in [0.717, 1.165) is 0 Å². The van der Waals surface area contributed by atoms with Gasteiger partial charge < -0.3 is 8.65 Å². The van der Waals surface area contributed by atoms with Crippen LogP contribution in [0.3, 0.4) is 0 Å². The minimum absolute atomic E-state index is 0. The summed E-state index contributed by atoms with van der Waals surface area (Å²) < 4.78 is 43.6. The average molecular weight is 168 g/mol. The second kappa shape index (κ2) is 7.62. The summed E-state index contributed by atoms with van der Waals surface area (Å²) in [6.45, 7) is 0. The van der Waals surface area contributed by atoms with Crippen LogP contribution in [0, 0.1) is 0 Å². The third-order valence-electron chi connectivity index (χ3n) is 0.303. The molecule has 0 bridgehead atoms.